The van der Waals surface area contributed by atoms with Crippen LogP contribution >= 0.6 is 0 Å². The third-order valence-electron chi connectivity index (χ3n) is 4.16. The van der Waals surface area contributed by atoms with Gasteiger partial charge in [-0.1, -0.05) is 26.7 Å². The van der Waals surface area contributed by atoms with Gasteiger partial charge in [0, 0.05) is 37.1 Å². The standard InChI is InChI=1S/C20H30N2.2ClH/c1-3-5-7-13-21-15-9-19(10-16-21)20-11-17-22(18-12-20)14-8-6-4-2;;/h9-12,15-18H,3-8,13-14H2,1-2H3;2*1H/q+2;;/p-2. The quantitative estimate of drug-likeness (QED) is 0.369. The highest BCUT2D eigenvalue weighted by atomic mass is 35.5. The summed E-state index contributed by atoms with van der Waals surface area (Å²) in [6.45, 7) is 6.75. The number of pyridine rings is 2. The first-order chi connectivity index (χ1) is 10.8. The Hall–Kier alpha value is -1.12. The molecule has 0 fully saturated rings. The van der Waals surface area contributed by atoms with E-state index < -0.39 is 0 Å². The average molecular weight is 369 g/mol. The highest BCUT2D eigenvalue weighted by Crippen LogP contribution is 2.15. The zero-order chi connectivity index (χ0) is 15.6. The number of aryl methyl sites for hydroxylation is 2. The first kappa shape index (κ1) is 22.9. The van der Waals surface area contributed by atoms with Crippen LogP contribution in [0.1, 0.15) is 52.4 Å². The number of hydrogen-bond donors (Lipinski definition) is 0. The van der Waals surface area contributed by atoms with E-state index in [1.165, 1.54) is 49.7 Å². The Morgan fingerprint density at radius 3 is 1.21 bits per heavy atom. The van der Waals surface area contributed by atoms with Crippen LogP contribution in [-0.4, -0.2) is 0 Å². The molecule has 0 saturated heterocycles. The molecule has 2 nitrogen and oxygen atoms in total. The van der Waals surface area contributed by atoms with Crippen molar-refractivity contribution in [2.45, 2.75) is 65.5 Å². The van der Waals surface area contributed by atoms with E-state index in [0.717, 1.165) is 13.1 Å². The Balaban J connectivity index is 0.00000264. The van der Waals surface area contributed by atoms with Crippen molar-refractivity contribution in [2.75, 3.05) is 0 Å². The van der Waals surface area contributed by atoms with Crippen molar-refractivity contribution >= 4 is 0 Å². The molecule has 24 heavy (non-hydrogen) atoms. The van der Waals surface area contributed by atoms with Crippen LogP contribution in [0, 0.1) is 0 Å². The molecule has 0 aliphatic heterocycles. The second kappa shape index (κ2) is 13.2. The third-order valence-corrected chi connectivity index (χ3v) is 4.16. The van der Waals surface area contributed by atoms with Crippen LogP contribution in [0.3, 0.4) is 0 Å². The molecule has 2 rings (SSSR count). The van der Waals surface area contributed by atoms with Crippen LogP contribution < -0.4 is 33.9 Å². The Bertz CT molecular complexity index is 487. The topological polar surface area (TPSA) is 7.76 Å². The van der Waals surface area contributed by atoms with E-state index in [1.54, 1.807) is 0 Å². The summed E-state index contributed by atoms with van der Waals surface area (Å²) in [6.07, 6.45) is 16.5. The van der Waals surface area contributed by atoms with E-state index in [4.69, 9.17) is 0 Å². The highest BCUT2D eigenvalue weighted by Gasteiger charge is 2.05. The van der Waals surface area contributed by atoms with Gasteiger partial charge in [0.1, 0.15) is 13.1 Å². The van der Waals surface area contributed by atoms with Gasteiger partial charge in [-0.2, -0.15) is 0 Å². The van der Waals surface area contributed by atoms with Gasteiger partial charge in [-0.15, -0.1) is 0 Å². The molecule has 4 heteroatoms. The zero-order valence-electron chi connectivity index (χ0n) is 14.9. The molecule has 0 radical (unpaired) electrons. The lowest BCUT2D eigenvalue weighted by Crippen LogP contribution is -3.00. The molecule has 0 atom stereocenters. The van der Waals surface area contributed by atoms with Crippen molar-refractivity contribution in [3.8, 4) is 11.1 Å². The number of hydrogen-bond acceptors (Lipinski definition) is 0. The first-order valence-electron chi connectivity index (χ1n) is 8.82. The number of unbranched alkanes of at least 4 members (excludes halogenated alkanes) is 4. The van der Waals surface area contributed by atoms with Crippen molar-refractivity contribution < 1.29 is 33.9 Å². The highest BCUT2D eigenvalue weighted by molar-refractivity contribution is 5.60. The minimum absolute atomic E-state index is 0. The maximum atomic E-state index is 2.28. The van der Waals surface area contributed by atoms with Crippen molar-refractivity contribution in [3.05, 3.63) is 49.1 Å². The fraction of sp³-hybridized carbons (Fsp3) is 0.500. The van der Waals surface area contributed by atoms with Gasteiger partial charge >= 0.3 is 0 Å². The molecule has 0 aromatic carbocycles. The normalized spacial score (nSPS) is 9.92. The van der Waals surface area contributed by atoms with Crippen LogP contribution in [0.5, 0.6) is 0 Å². The smallest absolute Gasteiger partial charge is 0.169 e. The molecular weight excluding hydrogens is 339 g/mol. The van der Waals surface area contributed by atoms with Gasteiger partial charge in [-0.3, -0.25) is 0 Å². The molecule has 0 saturated carbocycles. The number of nitrogens with zero attached hydrogens (tertiary/aromatic N) is 2. The van der Waals surface area contributed by atoms with E-state index in [2.05, 4.69) is 72.0 Å². The van der Waals surface area contributed by atoms with Gasteiger partial charge < -0.3 is 24.8 Å². The lowest BCUT2D eigenvalue weighted by Gasteiger charge is -2.01. The molecule has 0 amide bonds. The average Bonchev–Trinajstić information content (AvgIpc) is 2.57. The van der Waals surface area contributed by atoms with Gasteiger partial charge in [-0.05, 0) is 24.0 Å². The predicted octanol–water partition coefficient (Wildman–Crippen LogP) is -1.68. The summed E-state index contributed by atoms with van der Waals surface area (Å²) in [5.41, 5.74) is 2.60. The van der Waals surface area contributed by atoms with Gasteiger partial charge in [0.05, 0.1) is 0 Å². The molecule has 0 unspecified atom stereocenters. The summed E-state index contributed by atoms with van der Waals surface area (Å²) in [5, 5.41) is 0. The maximum absolute atomic E-state index is 2.28. The SMILES string of the molecule is CCCCC[n+]1ccc(-c2cc[n+](CCCCC)cc2)cc1.[Cl-].[Cl-]. The third kappa shape index (κ3) is 7.63. The van der Waals surface area contributed by atoms with E-state index in [9.17, 15) is 0 Å². The fourth-order valence-corrected chi connectivity index (χ4v) is 2.69. The maximum Gasteiger partial charge on any atom is 0.169 e. The van der Waals surface area contributed by atoms with E-state index in [-0.39, 0.29) is 24.8 Å². The Kier molecular flexibility index (Phi) is 12.6. The summed E-state index contributed by atoms with van der Waals surface area (Å²) in [7, 11) is 0. The van der Waals surface area contributed by atoms with Crippen molar-refractivity contribution in [2.24, 2.45) is 0 Å². The van der Waals surface area contributed by atoms with Gasteiger partial charge in [0.25, 0.3) is 0 Å². The monoisotopic (exact) mass is 368 g/mol. The number of halogens is 2. The molecule has 0 spiro atoms. The van der Waals surface area contributed by atoms with Crippen LogP contribution in [0.15, 0.2) is 49.1 Å². The molecule has 2 heterocycles. The molecule has 0 aliphatic carbocycles. The first-order valence-corrected chi connectivity index (χ1v) is 8.82. The van der Waals surface area contributed by atoms with Crippen LogP contribution in [-0.2, 0) is 13.1 Å². The number of rotatable bonds is 9. The van der Waals surface area contributed by atoms with Crippen LogP contribution in [0.4, 0.5) is 0 Å². The second-order valence-corrected chi connectivity index (χ2v) is 6.06. The fourth-order valence-electron chi connectivity index (χ4n) is 2.69. The second-order valence-electron chi connectivity index (χ2n) is 6.06. The van der Waals surface area contributed by atoms with Crippen LogP contribution in [0.25, 0.3) is 11.1 Å². The van der Waals surface area contributed by atoms with E-state index in [0.29, 0.717) is 0 Å². The molecule has 134 valence electrons. The van der Waals surface area contributed by atoms with Gasteiger partial charge in [0.2, 0.25) is 0 Å². The molecule has 0 N–H and O–H groups in total. The summed E-state index contributed by atoms with van der Waals surface area (Å²) in [6, 6.07) is 8.90. The Morgan fingerprint density at radius 2 is 0.917 bits per heavy atom. The van der Waals surface area contributed by atoms with E-state index >= 15 is 0 Å². The summed E-state index contributed by atoms with van der Waals surface area (Å²) in [4.78, 5) is 0. The Morgan fingerprint density at radius 1 is 0.583 bits per heavy atom. The largest absolute Gasteiger partial charge is 1.00 e. The van der Waals surface area contributed by atoms with Crippen molar-refractivity contribution in [1.82, 2.24) is 0 Å². The molecule has 0 aliphatic rings. The minimum atomic E-state index is 0. The van der Waals surface area contributed by atoms with Crippen molar-refractivity contribution in [1.29, 1.82) is 0 Å². The zero-order valence-corrected chi connectivity index (χ0v) is 16.4. The number of aromatic nitrogens is 2. The lowest BCUT2D eigenvalue weighted by atomic mass is 10.1. The van der Waals surface area contributed by atoms with Crippen molar-refractivity contribution in [3.63, 3.8) is 0 Å². The minimum Gasteiger partial charge on any atom is -1.00 e. The predicted molar refractivity (Wildman–Crippen MR) is 91.3 cm³/mol. The van der Waals surface area contributed by atoms with Crippen LogP contribution in [0.2, 0.25) is 0 Å². The summed E-state index contributed by atoms with van der Waals surface area (Å²) in [5.74, 6) is 0. The molecular formula is C20H30Cl2N2. The Labute approximate surface area is 159 Å². The van der Waals surface area contributed by atoms with E-state index in [1.807, 2.05) is 0 Å². The summed E-state index contributed by atoms with van der Waals surface area (Å²) < 4.78 is 4.57. The van der Waals surface area contributed by atoms with Gasteiger partial charge in [-0.25, -0.2) is 9.13 Å². The summed E-state index contributed by atoms with van der Waals surface area (Å²) >= 11 is 0. The lowest BCUT2D eigenvalue weighted by molar-refractivity contribution is -0.697. The van der Waals surface area contributed by atoms with Gasteiger partial charge in [0.15, 0.2) is 24.8 Å². The molecule has 0 bridgehead atoms. The molecule has 2 aromatic heterocycles. The molecule has 2 aromatic rings.